The van der Waals surface area contributed by atoms with E-state index in [-0.39, 0.29) is 23.9 Å². The molecule has 2 aromatic heterocycles. The summed E-state index contributed by atoms with van der Waals surface area (Å²) < 4.78 is 6.62. The molecule has 8 nitrogen and oxygen atoms in total. The van der Waals surface area contributed by atoms with E-state index in [1.807, 2.05) is 54.6 Å². The highest BCUT2D eigenvalue weighted by atomic mass is 16.5. The lowest BCUT2D eigenvalue weighted by Crippen LogP contribution is -2.33. The summed E-state index contributed by atoms with van der Waals surface area (Å²) in [5.74, 6) is 1.33. The summed E-state index contributed by atoms with van der Waals surface area (Å²) >= 11 is 0. The Morgan fingerprint density at radius 2 is 1.77 bits per heavy atom. The highest BCUT2D eigenvalue weighted by molar-refractivity contribution is 5.79. The minimum Gasteiger partial charge on any atom is -0.497 e. The number of carbonyl (C=O) groups is 1. The number of hydrogen-bond donors (Lipinski definition) is 2. The number of amides is 1. The summed E-state index contributed by atoms with van der Waals surface area (Å²) in [6.07, 6.45) is -0.0787. The molecule has 0 saturated carbocycles. The quantitative estimate of drug-likeness (QED) is 0.502. The van der Waals surface area contributed by atoms with Gasteiger partial charge >= 0.3 is 0 Å². The Labute approximate surface area is 178 Å². The molecule has 0 bridgehead atoms. The summed E-state index contributed by atoms with van der Waals surface area (Å²) in [7, 11) is 1.61. The molecule has 0 spiro atoms. The van der Waals surface area contributed by atoms with Crippen LogP contribution in [-0.2, 0) is 11.2 Å². The van der Waals surface area contributed by atoms with Crippen LogP contribution >= 0.6 is 0 Å². The second-order valence-corrected chi connectivity index (χ2v) is 7.27. The summed E-state index contributed by atoms with van der Waals surface area (Å²) in [6.45, 7) is 3.43. The van der Waals surface area contributed by atoms with Crippen molar-refractivity contribution < 1.29 is 9.53 Å². The number of carbonyl (C=O) groups excluding carboxylic acids is 1. The molecular formula is C23H23N5O3. The lowest BCUT2D eigenvalue weighted by molar-refractivity contribution is -0.121. The third-order valence-electron chi connectivity index (χ3n) is 5.25. The zero-order valence-corrected chi connectivity index (χ0v) is 17.5. The van der Waals surface area contributed by atoms with Gasteiger partial charge in [0.1, 0.15) is 11.6 Å². The van der Waals surface area contributed by atoms with Gasteiger partial charge in [-0.2, -0.15) is 5.10 Å². The molecule has 1 atom stereocenters. The number of aromatic amines is 1. The molecule has 0 radical (unpaired) electrons. The summed E-state index contributed by atoms with van der Waals surface area (Å²) in [5.41, 5.74) is 2.41. The van der Waals surface area contributed by atoms with Crippen molar-refractivity contribution in [3.63, 3.8) is 0 Å². The van der Waals surface area contributed by atoms with Crippen molar-refractivity contribution in [2.24, 2.45) is 0 Å². The molecule has 2 heterocycles. The Kier molecular flexibility index (Phi) is 5.53. The maximum Gasteiger partial charge on any atom is 0.264 e. The van der Waals surface area contributed by atoms with Crippen molar-refractivity contribution in [3.8, 4) is 5.75 Å². The number of aromatic nitrogens is 4. The van der Waals surface area contributed by atoms with Gasteiger partial charge in [-0.3, -0.25) is 9.59 Å². The molecule has 0 aliphatic heterocycles. The first kappa shape index (κ1) is 20.3. The molecule has 8 heteroatoms. The second-order valence-electron chi connectivity index (χ2n) is 7.27. The molecule has 2 aromatic carbocycles. The molecule has 4 rings (SSSR count). The van der Waals surface area contributed by atoms with E-state index in [1.165, 1.54) is 4.40 Å². The van der Waals surface area contributed by atoms with Crippen molar-refractivity contribution in [3.05, 3.63) is 93.2 Å². The van der Waals surface area contributed by atoms with Gasteiger partial charge < -0.3 is 10.1 Å². The average Bonchev–Trinajstić information content (AvgIpc) is 3.16. The molecule has 1 unspecified atom stereocenters. The second kappa shape index (κ2) is 8.43. The molecule has 0 saturated heterocycles. The lowest BCUT2D eigenvalue weighted by atomic mass is 9.98. The molecular weight excluding hydrogens is 394 g/mol. The fourth-order valence-corrected chi connectivity index (χ4v) is 3.60. The van der Waals surface area contributed by atoms with E-state index in [4.69, 9.17) is 4.74 Å². The zero-order valence-electron chi connectivity index (χ0n) is 17.5. The minimum atomic E-state index is -0.366. The van der Waals surface area contributed by atoms with E-state index in [0.717, 1.165) is 16.9 Å². The summed E-state index contributed by atoms with van der Waals surface area (Å²) in [4.78, 5) is 30.3. The fraction of sp³-hybridized carbons (Fsp3) is 0.217. The summed E-state index contributed by atoms with van der Waals surface area (Å²) in [6, 6.07) is 16.9. The standard InChI is InChI=1S/C23H23N5O3/c1-14-19(22(30)28-15(2)26-27-23(28)24-14)13-20(29)25-21(16-7-5-4-6-8-16)17-9-11-18(31-3)12-10-17/h4-12,21H,13H2,1-3H3,(H,24,27)(H,25,29). The zero-order chi connectivity index (χ0) is 22.0. The van der Waals surface area contributed by atoms with Crippen LogP contribution in [0, 0.1) is 13.8 Å². The monoisotopic (exact) mass is 417 g/mol. The van der Waals surface area contributed by atoms with Gasteiger partial charge in [-0.15, -0.1) is 0 Å². The molecule has 0 aliphatic rings. The van der Waals surface area contributed by atoms with E-state index in [0.29, 0.717) is 22.9 Å². The van der Waals surface area contributed by atoms with Gasteiger partial charge in [0.25, 0.3) is 5.56 Å². The number of fused-ring (bicyclic) bond motifs is 1. The number of rotatable bonds is 6. The van der Waals surface area contributed by atoms with Crippen LogP contribution in [0.3, 0.4) is 0 Å². The Hall–Kier alpha value is -3.94. The van der Waals surface area contributed by atoms with Gasteiger partial charge in [-0.25, -0.2) is 14.5 Å². The van der Waals surface area contributed by atoms with Crippen LogP contribution in [0.15, 0.2) is 59.4 Å². The van der Waals surface area contributed by atoms with Crippen LogP contribution in [-0.4, -0.2) is 32.6 Å². The molecule has 31 heavy (non-hydrogen) atoms. The van der Waals surface area contributed by atoms with Gasteiger partial charge in [-0.1, -0.05) is 42.5 Å². The maximum atomic E-state index is 13.0. The molecule has 0 fully saturated rings. The van der Waals surface area contributed by atoms with Crippen LogP contribution in [0.4, 0.5) is 0 Å². The molecule has 158 valence electrons. The number of methoxy groups -OCH3 is 1. The van der Waals surface area contributed by atoms with E-state index >= 15 is 0 Å². The number of nitrogens with zero attached hydrogens (tertiary/aromatic N) is 3. The Bertz CT molecular complexity index is 1280. The number of benzene rings is 2. The van der Waals surface area contributed by atoms with Crippen LogP contribution in [0.2, 0.25) is 0 Å². The smallest absolute Gasteiger partial charge is 0.264 e. The predicted octanol–water partition coefficient (Wildman–Crippen LogP) is 2.49. The Morgan fingerprint density at radius 3 is 2.45 bits per heavy atom. The average molecular weight is 417 g/mol. The van der Waals surface area contributed by atoms with Crippen LogP contribution in [0.25, 0.3) is 5.78 Å². The number of H-pyrrole nitrogens is 1. The third kappa shape index (κ3) is 4.05. The molecule has 4 aromatic rings. The van der Waals surface area contributed by atoms with Gasteiger partial charge in [0, 0.05) is 5.56 Å². The number of ether oxygens (including phenoxy) is 1. The first-order chi connectivity index (χ1) is 15.0. The van der Waals surface area contributed by atoms with E-state index in [2.05, 4.69) is 20.5 Å². The van der Waals surface area contributed by atoms with Gasteiger partial charge in [0.15, 0.2) is 0 Å². The fourth-order valence-electron chi connectivity index (χ4n) is 3.60. The van der Waals surface area contributed by atoms with Crippen LogP contribution in [0.1, 0.15) is 34.3 Å². The van der Waals surface area contributed by atoms with Crippen LogP contribution in [0.5, 0.6) is 5.75 Å². The Morgan fingerprint density at radius 1 is 1.10 bits per heavy atom. The maximum absolute atomic E-state index is 13.0. The predicted molar refractivity (Wildman–Crippen MR) is 116 cm³/mol. The Balaban J connectivity index is 1.64. The van der Waals surface area contributed by atoms with E-state index < -0.39 is 0 Å². The van der Waals surface area contributed by atoms with E-state index in [9.17, 15) is 9.59 Å². The van der Waals surface area contributed by atoms with Crippen molar-refractivity contribution in [2.45, 2.75) is 26.3 Å². The van der Waals surface area contributed by atoms with Crippen molar-refractivity contribution in [1.29, 1.82) is 0 Å². The largest absolute Gasteiger partial charge is 0.497 e. The lowest BCUT2D eigenvalue weighted by Gasteiger charge is -2.20. The van der Waals surface area contributed by atoms with Crippen molar-refractivity contribution in [2.75, 3.05) is 7.11 Å². The van der Waals surface area contributed by atoms with Crippen LogP contribution < -0.4 is 15.6 Å². The van der Waals surface area contributed by atoms with Gasteiger partial charge in [-0.05, 0) is 37.1 Å². The SMILES string of the molecule is COc1ccc(C(NC(=O)Cc2c(C)nc3[nH]nc(C)n3c2=O)c2ccccc2)cc1. The first-order valence-corrected chi connectivity index (χ1v) is 9.89. The molecule has 2 N–H and O–H groups in total. The number of nitrogens with one attached hydrogen (secondary N) is 2. The van der Waals surface area contributed by atoms with E-state index in [1.54, 1.807) is 21.0 Å². The first-order valence-electron chi connectivity index (χ1n) is 9.89. The third-order valence-corrected chi connectivity index (χ3v) is 5.25. The minimum absolute atomic E-state index is 0.0787. The highest BCUT2D eigenvalue weighted by Crippen LogP contribution is 2.24. The topological polar surface area (TPSA) is 101 Å². The summed E-state index contributed by atoms with van der Waals surface area (Å²) in [5, 5.41) is 9.82. The molecule has 0 aliphatic carbocycles. The highest BCUT2D eigenvalue weighted by Gasteiger charge is 2.20. The molecule has 1 amide bonds. The van der Waals surface area contributed by atoms with Gasteiger partial charge in [0.05, 0.1) is 25.3 Å². The van der Waals surface area contributed by atoms with Gasteiger partial charge in [0.2, 0.25) is 11.7 Å². The number of aryl methyl sites for hydroxylation is 2. The van der Waals surface area contributed by atoms with Crippen molar-refractivity contribution >= 4 is 11.7 Å². The van der Waals surface area contributed by atoms with Crippen molar-refractivity contribution in [1.82, 2.24) is 24.9 Å². The normalized spacial score (nSPS) is 12.0. The number of hydrogen-bond acceptors (Lipinski definition) is 5.